The van der Waals surface area contributed by atoms with Crippen LogP contribution in [0, 0.1) is 0 Å². The Kier molecular flexibility index (Phi) is 11.5. The number of aliphatic hydroxyl groups is 1. The van der Waals surface area contributed by atoms with E-state index >= 15 is 0 Å². The van der Waals surface area contributed by atoms with E-state index in [2.05, 4.69) is 16.0 Å². The molecule has 30 heavy (non-hydrogen) atoms. The van der Waals surface area contributed by atoms with Gasteiger partial charge in [-0.25, -0.2) is 9.59 Å². The lowest BCUT2D eigenvalue weighted by Gasteiger charge is -2.14. The quantitative estimate of drug-likeness (QED) is 0.229. The molecule has 0 bridgehead atoms. The van der Waals surface area contributed by atoms with Crippen LogP contribution in [0.5, 0.6) is 0 Å². The minimum atomic E-state index is -1.30. The van der Waals surface area contributed by atoms with Crippen molar-refractivity contribution in [3.05, 3.63) is 29.8 Å². The highest BCUT2D eigenvalue weighted by atomic mass is 16.5. The van der Waals surface area contributed by atoms with E-state index in [4.69, 9.17) is 20.1 Å². The maximum absolute atomic E-state index is 11.8. The maximum Gasteiger partial charge on any atom is 0.326 e. The van der Waals surface area contributed by atoms with Crippen molar-refractivity contribution in [1.29, 1.82) is 0 Å². The van der Waals surface area contributed by atoms with Gasteiger partial charge in [0.15, 0.2) is 0 Å². The SMILES string of the molecule is O=C(O)CC[C@H](NC(=O)NCCc1ccc(NC(=O)CCOCCO)cc1)C(=O)O. The van der Waals surface area contributed by atoms with Crippen LogP contribution in [0.3, 0.4) is 0 Å². The normalized spacial score (nSPS) is 11.4. The molecule has 3 amide bonds. The van der Waals surface area contributed by atoms with Gasteiger partial charge in [0.2, 0.25) is 5.91 Å². The van der Waals surface area contributed by atoms with Crippen LogP contribution in [-0.2, 0) is 25.5 Å². The molecule has 0 fully saturated rings. The number of anilines is 1. The molecule has 11 nitrogen and oxygen atoms in total. The third kappa shape index (κ3) is 11.0. The Morgan fingerprint density at radius 2 is 1.70 bits per heavy atom. The van der Waals surface area contributed by atoms with Gasteiger partial charge in [-0.05, 0) is 30.5 Å². The van der Waals surface area contributed by atoms with Gasteiger partial charge in [-0.1, -0.05) is 12.1 Å². The van der Waals surface area contributed by atoms with Crippen LogP contribution in [0.2, 0.25) is 0 Å². The molecule has 166 valence electrons. The zero-order valence-electron chi connectivity index (χ0n) is 16.4. The maximum atomic E-state index is 11.8. The summed E-state index contributed by atoms with van der Waals surface area (Å²) in [6.07, 6.45) is 0.0722. The number of ether oxygens (including phenoxy) is 1. The minimum Gasteiger partial charge on any atom is -0.481 e. The van der Waals surface area contributed by atoms with E-state index in [1.54, 1.807) is 24.3 Å². The summed E-state index contributed by atoms with van der Waals surface area (Å²) in [5.41, 5.74) is 1.50. The van der Waals surface area contributed by atoms with Crippen molar-refractivity contribution in [1.82, 2.24) is 10.6 Å². The van der Waals surface area contributed by atoms with Gasteiger partial charge in [0.1, 0.15) is 6.04 Å². The van der Waals surface area contributed by atoms with Crippen LogP contribution in [0.4, 0.5) is 10.5 Å². The van der Waals surface area contributed by atoms with E-state index < -0.39 is 24.0 Å². The fraction of sp³-hybridized carbons (Fsp3) is 0.474. The van der Waals surface area contributed by atoms with Gasteiger partial charge >= 0.3 is 18.0 Å². The number of nitrogens with one attached hydrogen (secondary N) is 3. The summed E-state index contributed by atoms with van der Waals surface area (Å²) in [6.45, 7) is 0.556. The summed E-state index contributed by atoms with van der Waals surface area (Å²) in [5, 5.41) is 33.7. The standard InChI is InChI=1S/C19H27N3O8/c23-10-12-30-11-8-16(24)21-14-3-1-13(2-4-14)7-9-20-19(29)22-15(18(27)28)5-6-17(25)26/h1-4,15,23H,5-12H2,(H,21,24)(H,25,26)(H,27,28)(H2,20,22,29)/t15-/m0/s1. The Hall–Kier alpha value is -3.18. The smallest absolute Gasteiger partial charge is 0.326 e. The fourth-order valence-electron chi connectivity index (χ4n) is 2.36. The summed E-state index contributed by atoms with van der Waals surface area (Å²) in [5.74, 6) is -2.66. The molecular formula is C19H27N3O8. The first-order valence-corrected chi connectivity index (χ1v) is 9.38. The van der Waals surface area contributed by atoms with Crippen molar-refractivity contribution in [3.8, 4) is 0 Å². The molecule has 1 atom stereocenters. The van der Waals surface area contributed by atoms with E-state index in [1.807, 2.05) is 0 Å². The first kappa shape index (κ1) is 24.9. The second-order valence-electron chi connectivity index (χ2n) is 6.30. The summed E-state index contributed by atoms with van der Waals surface area (Å²) in [6, 6.07) is 5.02. The highest BCUT2D eigenvalue weighted by molar-refractivity contribution is 5.90. The van der Waals surface area contributed by atoms with E-state index in [0.29, 0.717) is 12.1 Å². The van der Waals surface area contributed by atoms with Gasteiger partial charge in [0, 0.05) is 18.7 Å². The number of hydrogen-bond donors (Lipinski definition) is 6. The number of aliphatic hydroxyl groups excluding tert-OH is 1. The second kappa shape index (κ2) is 13.9. The zero-order valence-corrected chi connectivity index (χ0v) is 16.4. The first-order chi connectivity index (χ1) is 14.3. The minimum absolute atomic E-state index is 0.0928. The number of amides is 3. The molecule has 0 unspecified atom stereocenters. The molecule has 0 spiro atoms. The summed E-state index contributed by atoms with van der Waals surface area (Å²) >= 11 is 0. The van der Waals surface area contributed by atoms with Crippen molar-refractivity contribution >= 4 is 29.6 Å². The molecular weight excluding hydrogens is 398 g/mol. The Morgan fingerprint density at radius 1 is 1.00 bits per heavy atom. The molecule has 1 rings (SSSR count). The molecule has 0 saturated heterocycles. The summed E-state index contributed by atoms with van der Waals surface area (Å²) in [7, 11) is 0. The lowest BCUT2D eigenvalue weighted by atomic mass is 10.1. The Labute approximate surface area is 173 Å². The highest BCUT2D eigenvalue weighted by Gasteiger charge is 2.20. The average Bonchev–Trinajstić information content (AvgIpc) is 2.69. The number of carbonyl (C=O) groups is 4. The molecule has 11 heteroatoms. The lowest BCUT2D eigenvalue weighted by molar-refractivity contribution is -0.140. The summed E-state index contributed by atoms with van der Waals surface area (Å²) < 4.78 is 5.03. The number of urea groups is 1. The van der Waals surface area contributed by atoms with Gasteiger partial charge in [0.05, 0.1) is 26.2 Å². The first-order valence-electron chi connectivity index (χ1n) is 9.38. The van der Waals surface area contributed by atoms with Crippen molar-refractivity contribution in [2.75, 3.05) is 31.7 Å². The number of benzene rings is 1. The third-order valence-electron chi connectivity index (χ3n) is 3.90. The van der Waals surface area contributed by atoms with E-state index in [-0.39, 0.29) is 51.5 Å². The molecule has 0 aromatic heterocycles. The topological polar surface area (TPSA) is 174 Å². The molecule has 1 aromatic carbocycles. The molecule has 1 aromatic rings. The Morgan fingerprint density at radius 3 is 2.30 bits per heavy atom. The zero-order chi connectivity index (χ0) is 22.4. The Bertz CT molecular complexity index is 708. The number of aliphatic carboxylic acids is 2. The predicted octanol–water partition coefficient (Wildman–Crippen LogP) is 0.184. The van der Waals surface area contributed by atoms with Crippen molar-refractivity contribution < 1.29 is 39.2 Å². The number of hydrogen-bond acceptors (Lipinski definition) is 6. The molecule has 0 aliphatic carbocycles. The van der Waals surface area contributed by atoms with Crippen LogP contribution in [-0.4, -0.2) is 71.6 Å². The molecule has 0 radical (unpaired) electrons. The number of rotatable bonds is 14. The van der Waals surface area contributed by atoms with Crippen LogP contribution in [0.1, 0.15) is 24.8 Å². The van der Waals surface area contributed by atoms with E-state index in [1.165, 1.54) is 0 Å². The number of carboxylic acids is 2. The molecule has 6 N–H and O–H groups in total. The molecule has 0 aliphatic rings. The fourth-order valence-corrected chi connectivity index (χ4v) is 2.36. The van der Waals surface area contributed by atoms with Crippen LogP contribution < -0.4 is 16.0 Å². The average molecular weight is 425 g/mol. The number of carboxylic acid groups (broad SMARTS) is 2. The molecule has 0 heterocycles. The second-order valence-corrected chi connectivity index (χ2v) is 6.30. The highest BCUT2D eigenvalue weighted by Crippen LogP contribution is 2.10. The number of carbonyl (C=O) groups excluding carboxylic acids is 2. The monoisotopic (exact) mass is 425 g/mol. The summed E-state index contributed by atoms with van der Waals surface area (Å²) in [4.78, 5) is 45.1. The van der Waals surface area contributed by atoms with Crippen molar-refractivity contribution in [2.24, 2.45) is 0 Å². The van der Waals surface area contributed by atoms with Gasteiger partial charge < -0.3 is 36.0 Å². The third-order valence-corrected chi connectivity index (χ3v) is 3.90. The van der Waals surface area contributed by atoms with Gasteiger partial charge in [-0.15, -0.1) is 0 Å². The molecule has 0 saturated carbocycles. The molecule has 0 aliphatic heterocycles. The largest absolute Gasteiger partial charge is 0.481 e. The van der Waals surface area contributed by atoms with Crippen molar-refractivity contribution in [2.45, 2.75) is 31.7 Å². The van der Waals surface area contributed by atoms with Gasteiger partial charge in [-0.3, -0.25) is 9.59 Å². The van der Waals surface area contributed by atoms with E-state index in [9.17, 15) is 19.2 Å². The van der Waals surface area contributed by atoms with E-state index in [0.717, 1.165) is 5.56 Å². The van der Waals surface area contributed by atoms with Gasteiger partial charge in [0.25, 0.3) is 0 Å². The van der Waals surface area contributed by atoms with Crippen LogP contribution >= 0.6 is 0 Å². The Balaban J connectivity index is 2.34. The predicted molar refractivity (Wildman–Crippen MR) is 106 cm³/mol. The van der Waals surface area contributed by atoms with Crippen LogP contribution in [0.15, 0.2) is 24.3 Å². The lowest BCUT2D eigenvalue weighted by Crippen LogP contribution is -2.46. The van der Waals surface area contributed by atoms with Gasteiger partial charge in [-0.2, -0.15) is 0 Å². The van der Waals surface area contributed by atoms with Crippen LogP contribution in [0.25, 0.3) is 0 Å². The van der Waals surface area contributed by atoms with Crippen molar-refractivity contribution in [3.63, 3.8) is 0 Å².